The van der Waals surface area contributed by atoms with Gasteiger partial charge in [0.1, 0.15) is 0 Å². The summed E-state index contributed by atoms with van der Waals surface area (Å²) in [6.07, 6.45) is 0. The van der Waals surface area contributed by atoms with Crippen molar-refractivity contribution in [3.05, 3.63) is 47.5 Å². The van der Waals surface area contributed by atoms with E-state index in [1.807, 2.05) is 31.2 Å². The molecule has 0 aliphatic heterocycles. The number of ketones is 1. The Hall–Kier alpha value is -2.09. The monoisotopic (exact) mass is 223 g/mol. The molecule has 0 unspecified atom stereocenters. The van der Waals surface area contributed by atoms with Gasteiger partial charge in [0.05, 0.1) is 0 Å². The molecular formula is C15H13NO. The highest BCUT2D eigenvalue weighted by Gasteiger charge is 2.09. The Kier molecular flexibility index (Phi) is 2.05. The lowest BCUT2D eigenvalue weighted by atomic mass is 10.0. The number of rotatable bonds is 1. The molecule has 0 atom stereocenters. The minimum absolute atomic E-state index is 0.120. The standard InChI is InChI=1S/C15H13NO/c1-9-7-15-13(8-12(9)10(2)17)11-5-3-4-6-14(11)16-15/h3-8,16H,1-2H3. The quantitative estimate of drug-likeness (QED) is 0.625. The Bertz CT molecular complexity index is 737. The molecule has 84 valence electrons. The first-order valence-corrected chi connectivity index (χ1v) is 5.69. The first-order chi connectivity index (χ1) is 8.16. The predicted octanol–water partition coefficient (Wildman–Crippen LogP) is 3.83. The van der Waals surface area contributed by atoms with Gasteiger partial charge in [-0.05, 0) is 37.6 Å². The highest BCUT2D eigenvalue weighted by Crippen LogP contribution is 2.27. The number of benzene rings is 2. The van der Waals surface area contributed by atoms with E-state index < -0.39 is 0 Å². The molecule has 2 nitrogen and oxygen atoms in total. The summed E-state index contributed by atoms with van der Waals surface area (Å²) in [5.41, 5.74) is 4.04. The second-order valence-electron chi connectivity index (χ2n) is 4.44. The van der Waals surface area contributed by atoms with Gasteiger partial charge in [-0.3, -0.25) is 4.79 Å². The summed E-state index contributed by atoms with van der Waals surface area (Å²) in [6.45, 7) is 3.59. The zero-order valence-corrected chi connectivity index (χ0v) is 9.87. The number of aromatic amines is 1. The van der Waals surface area contributed by atoms with Crippen molar-refractivity contribution in [2.75, 3.05) is 0 Å². The number of H-pyrrole nitrogens is 1. The summed E-state index contributed by atoms with van der Waals surface area (Å²) >= 11 is 0. The number of hydrogen-bond acceptors (Lipinski definition) is 1. The summed E-state index contributed by atoms with van der Waals surface area (Å²) in [5.74, 6) is 0.120. The zero-order chi connectivity index (χ0) is 12.0. The highest BCUT2D eigenvalue weighted by atomic mass is 16.1. The van der Waals surface area contributed by atoms with Crippen LogP contribution >= 0.6 is 0 Å². The van der Waals surface area contributed by atoms with E-state index in [-0.39, 0.29) is 5.78 Å². The van der Waals surface area contributed by atoms with Crippen molar-refractivity contribution < 1.29 is 4.79 Å². The fourth-order valence-corrected chi connectivity index (χ4v) is 2.39. The molecule has 0 aliphatic carbocycles. The molecule has 1 heterocycles. The van der Waals surface area contributed by atoms with Crippen LogP contribution in [0.25, 0.3) is 21.8 Å². The van der Waals surface area contributed by atoms with E-state index in [9.17, 15) is 4.79 Å². The lowest BCUT2D eigenvalue weighted by molar-refractivity contribution is 0.101. The van der Waals surface area contributed by atoms with Crippen LogP contribution in [0.1, 0.15) is 22.8 Å². The predicted molar refractivity (Wildman–Crippen MR) is 70.5 cm³/mol. The molecule has 0 bridgehead atoms. The maximum absolute atomic E-state index is 11.6. The number of carbonyl (C=O) groups is 1. The number of aromatic nitrogens is 1. The van der Waals surface area contributed by atoms with E-state index >= 15 is 0 Å². The van der Waals surface area contributed by atoms with E-state index in [1.54, 1.807) is 6.92 Å². The lowest BCUT2D eigenvalue weighted by Crippen LogP contribution is -1.95. The molecule has 0 radical (unpaired) electrons. The van der Waals surface area contributed by atoms with Crippen molar-refractivity contribution in [2.24, 2.45) is 0 Å². The first-order valence-electron chi connectivity index (χ1n) is 5.69. The van der Waals surface area contributed by atoms with Crippen molar-refractivity contribution in [1.82, 2.24) is 4.98 Å². The van der Waals surface area contributed by atoms with Gasteiger partial charge < -0.3 is 4.98 Å². The molecule has 0 spiro atoms. The number of Topliss-reactive ketones (excluding diaryl/α,β-unsaturated/α-hetero) is 1. The fraction of sp³-hybridized carbons (Fsp3) is 0.133. The topological polar surface area (TPSA) is 32.9 Å². The van der Waals surface area contributed by atoms with Crippen molar-refractivity contribution in [3.63, 3.8) is 0 Å². The molecule has 0 saturated heterocycles. The van der Waals surface area contributed by atoms with Crippen LogP contribution in [-0.4, -0.2) is 10.8 Å². The molecule has 3 rings (SSSR count). The first kappa shape index (κ1) is 10.1. The van der Waals surface area contributed by atoms with Crippen LogP contribution in [0, 0.1) is 6.92 Å². The third-order valence-electron chi connectivity index (χ3n) is 3.23. The van der Waals surface area contributed by atoms with E-state index in [0.29, 0.717) is 0 Å². The number of para-hydroxylation sites is 1. The van der Waals surface area contributed by atoms with Crippen LogP contribution in [0.3, 0.4) is 0 Å². The maximum Gasteiger partial charge on any atom is 0.160 e. The van der Waals surface area contributed by atoms with Crippen molar-refractivity contribution >= 4 is 27.6 Å². The Morgan fingerprint density at radius 1 is 1.06 bits per heavy atom. The van der Waals surface area contributed by atoms with Gasteiger partial charge >= 0.3 is 0 Å². The van der Waals surface area contributed by atoms with E-state index in [2.05, 4.69) is 17.1 Å². The largest absolute Gasteiger partial charge is 0.355 e. The van der Waals surface area contributed by atoms with Crippen LogP contribution in [-0.2, 0) is 0 Å². The van der Waals surface area contributed by atoms with E-state index in [1.165, 1.54) is 5.39 Å². The van der Waals surface area contributed by atoms with Gasteiger partial charge in [0.25, 0.3) is 0 Å². The van der Waals surface area contributed by atoms with Crippen LogP contribution in [0.4, 0.5) is 0 Å². The molecule has 1 aromatic heterocycles. The normalized spacial score (nSPS) is 11.2. The van der Waals surface area contributed by atoms with Gasteiger partial charge in [-0.25, -0.2) is 0 Å². The Morgan fingerprint density at radius 3 is 2.59 bits per heavy atom. The van der Waals surface area contributed by atoms with Gasteiger partial charge in [0.15, 0.2) is 5.78 Å². The molecule has 0 saturated carbocycles. The van der Waals surface area contributed by atoms with Crippen molar-refractivity contribution in [3.8, 4) is 0 Å². The van der Waals surface area contributed by atoms with Gasteiger partial charge in [0, 0.05) is 27.4 Å². The van der Waals surface area contributed by atoms with E-state index in [4.69, 9.17) is 0 Å². The van der Waals surface area contributed by atoms with Gasteiger partial charge in [-0.1, -0.05) is 18.2 Å². The second kappa shape index (κ2) is 3.45. The molecule has 2 heteroatoms. The number of nitrogens with one attached hydrogen (secondary N) is 1. The minimum atomic E-state index is 0.120. The van der Waals surface area contributed by atoms with Gasteiger partial charge in [-0.15, -0.1) is 0 Å². The molecule has 2 aromatic carbocycles. The summed E-state index contributed by atoms with van der Waals surface area (Å²) < 4.78 is 0. The van der Waals surface area contributed by atoms with Gasteiger partial charge in [-0.2, -0.15) is 0 Å². The Morgan fingerprint density at radius 2 is 1.82 bits per heavy atom. The van der Waals surface area contributed by atoms with Gasteiger partial charge in [0.2, 0.25) is 0 Å². The number of carbonyl (C=O) groups excluding carboxylic acids is 1. The number of aryl methyl sites for hydroxylation is 1. The second-order valence-corrected chi connectivity index (χ2v) is 4.44. The van der Waals surface area contributed by atoms with E-state index in [0.717, 1.165) is 27.5 Å². The lowest BCUT2D eigenvalue weighted by Gasteiger charge is -2.02. The maximum atomic E-state index is 11.6. The van der Waals surface area contributed by atoms with Crippen molar-refractivity contribution in [1.29, 1.82) is 0 Å². The third-order valence-corrected chi connectivity index (χ3v) is 3.23. The average Bonchev–Trinajstić information content (AvgIpc) is 2.64. The molecule has 0 aliphatic rings. The van der Waals surface area contributed by atoms with Crippen LogP contribution in [0.15, 0.2) is 36.4 Å². The molecule has 3 aromatic rings. The number of hydrogen-bond donors (Lipinski definition) is 1. The summed E-state index contributed by atoms with van der Waals surface area (Å²) in [5, 5.41) is 2.29. The average molecular weight is 223 g/mol. The minimum Gasteiger partial charge on any atom is -0.355 e. The molecule has 17 heavy (non-hydrogen) atoms. The smallest absolute Gasteiger partial charge is 0.160 e. The molecule has 0 fully saturated rings. The zero-order valence-electron chi connectivity index (χ0n) is 9.87. The summed E-state index contributed by atoms with van der Waals surface area (Å²) in [4.78, 5) is 14.9. The van der Waals surface area contributed by atoms with Crippen molar-refractivity contribution in [2.45, 2.75) is 13.8 Å². The molecule has 1 N–H and O–H groups in total. The summed E-state index contributed by atoms with van der Waals surface area (Å²) in [7, 11) is 0. The fourth-order valence-electron chi connectivity index (χ4n) is 2.39. The Balaban J connectivity index is 2.47. The molecular weight excluding hydrogens is 210 g/mol. The third kappa shape index (κ3) is 1.45. The SMILES string of the molecule is CC(=O)c1cc2c(cc1C)[nH]c1ccccc12. The Labute approximate surface area is 99.3 Å². The van der Waals surface area contributed by atoms with Crippen LogP contribution in [0.2, 0.25) is 0 Å². The number of fused-ring (bicyclic) bond motifs is 3. The molecule has 0 amide bonds. The van der Waals surface area contributed by atoms with Crippen LogP contribution in [0.5, 0.6) is 0 Å². The highest BCUT2D eigenvalue weighted by molar-refractivity contribution is 6.10. The van der Waals surface area contributed by atoms with Crippen LogP contribution < -0.4 is 0 Å². The summed E-state index contributed by atoms with van der Waals surface area (Å²) in [6, 6.07) is 12.2.